The van der Waals surface area contributed by atoms with Crippen LogP contribution in [0.4, 0.5) is 11.5 Å². The second kappa shape index (κ2) is 8.18. The zero-order valence-electron chi connectivity index (χ0n) is 17.7. The fourth-order valence-corrected chi connectivity index (χ4v) is 4.02. The van der Waals surface area contributed by atoms with Crippen molar-refractivity contribution in [2.24, 2.45) is 5.41 Å². The second-order valence-electron chi connectivity index (χ2n) is 8.28. The summed E-state index contributed by atoms with van der Waals surface area (Å²) in [6.45, 7) is 4.34. The molecule has 1 aliphatic rings. The van der Waals surface area contributed by atoms with Crippen molar-refractivity contribution in [3.63, 3.8) is 0 Å². The minimum Gasteiger partial charge on any atom is -0.465 e. The number of benzene rings is 2. The van der Waals surface area contributed by atoms with E-state index in [1.807, 2.05) is 30.3 Å². The third-order valence-corrected chi connectivity index (χ3v) is 5.54. The summed E-state index contributed by atoms with van der Waals surface area (Å²) in [6.07, 6.45) is 5.37. The molecule has 0 spiro atoms. The topological polar surface area (TPSA) is 93.2 Å². The number of rotatable bonds is 4. The normalized spacial score (nSPS) is 16.5. The molecular weight excluding hydrogens is 392 g/mol. The van der Waals surface area contributed by atoms with Gasteiger partial charge in [0.25, 0.3) is 5.91 Å². The maximum Gasteiger partial charge on any atom is 0.337 e. The van der Waals surface area contributed by atoms with Gasteiger partial charge in [-0.25, -0.2) is 9.78 Å². The standard InChI is InChI=1S/C24H24N4O3/c1-24(2)13-18-12-17(23(30)31-3)7-8-19(18)27-21(24)15-5-4-6-16(11-15)22(29)28-20-14-25-9-10-26-20/h4-12,14,21,27H,13H2,1-3H3,(H,26,28,29). The van der Waals surface area contributed by atoms with Gasteiger partial charge in [0, 0.05) is 23.6 Å². The highest BCUT2D eigenvalue weighted by atomic mass is 16.5. The van der Waals surface area contributed by atoms with Gasteiger partial charge in [0.1, 0.15) is 0 Å². The van der Waals surface area contributed by atoms with E-state index in [9.17, 15) is 9.59 Å². The van der Waals surface area contributed by atoms with Gasteiger partial charge in [-0.15, -0.1) is 0 Å². The van der Waals surface area contributed by atoms with Crippen LogP contribution in [0.2, 0.25) is 0 Å². The average molecular weight is 416 g/mol. The molecule has 3 aromatic rings. The fourth-order valence-electron chi connectivity index (χ4n) is 4.02. The Hall–Kier alpha value is -3.74. The molecule has 0 aliphatic carbocycles. The van der Waals surface area contributed by atoms with E-state index in [0.29, 0.717) is 16.9 Å². The number of methoxy groups -OCH3 is 1. The molecule has 2 N–H and O–H groups in total. The lowest BCUT2D eigenvalue weighted by Gasteiger charge is -2.41. The third-order valence-electron chi connectivity index (χ3n) is 5.54. The van der Waals surface area contributed by atoms with Gasteiger partial charge in [-0.05, 0) is 53.3 Å². The number of carbonyl (C=O) groups excluding carboxylic acids is 2. The quantitative estimate of drug-likeness (QED) is 0.618. The summed E-state index contributed by atoms with van der Waals surface area (Å²) in [5.41, 5.74) is 4.00. The Labute approximate surface area is 180 Å². The van der Waals surface area contributed by atoms with Gasteiger partial charge in [-0.3, -0.25) is 9.78 Å². The molecule has 31 heavy (non-hydrogen) atoms. The van der Waals surface area contributed by atoms with Gasteiger partial charge in [-0.2, -0.15) is 0 Å². The van der Waals surface area contributed by atoms with Crippen LogP contribution in [0.15, 0.2) is 61.1 Å². The monoisotopic (exact) mass is 416 g/mol. The largest absolute Gasteiger partial charge is 0.465 e. The average Bonchev–Trinajstić information content (AvgIpc) is 2.77. The SMILES string of the molecule is COC(=O)c1ccc2c(c1)CC(C)(C)C(c1cccc(C(=O)Nc3cnccn3)c1)N2. The van der Waals surface area contributed by atoms with E-state index in [-0.39, 0.29) is 23.3 Å². The van der Waals surface area contributed by atoms with Crippen LogP contribution in [-0.4, -0.2) is 29.0 Å². The number of fused-ring (bicyclic) bond motifs is 1. The number of anilines is 2. The number of hydrogen-bond donors (Lipinski definition) is 2. The molecule has 1 amide bonds. The van der Waals surface area contributed by atoms with Crippen LogP contribution in [-0.2, 0) is 11.2 Å². The van der Waals surface area contributed by atoms with Crippen LogP contribution < -0.4 is 10.6 Å². The maximum atomic E-state index is 12.7. The molecule has 0 fully saturated rings. The molecule has 1 atom stereocenters. The number of esters is 1. The molecule has 0 saturated carbocycles. The molecule has 7 nitrogen and oxygen atoms in total. The molecule has 1 aromatic heterocycles. The number of ether oxygens (including phenoxy) is 1. The van der Waals surface area contributed by atoms with Crippen molar-refractivity contribution in [2.75, 3.05) is 17.7 Å². The lowest BCUT2D eigenvalue weighted by atomic mass is 9.72. The van der Waals surface area contributed by atoms with Crippen molar-refractivity contribution < 1.29 is 14.3 Å². The van der Waals surface area contributed by atoms with E-state index < -0.39 is 0 Å². The molecule has 0 saturated heterocycles. The molecular formula is C24H24N4O3. The fraction of sp³-hybridized carbons (Fsp3) is 0.250. The molecule has 158 valence electrons. The Bertz CT molecular complexity index is 1130. The number of hydrogen-bond acceptors (Lipinski definition) is 6. The van der Waals surface area contributed by atoms with Crippen molar-refractivity contribution in [1.29, 1.82) is 0 Å². The minimum atomic E-state index is -0.343. The second-order valence-corrected chi connectivity index (χ2v) is 8.28. The number of aromatic nitrogens is 2. The van der Waals surface area contributed by atoms with E-state index >= 15 is 0 Å². The summed E-state index contributed by atoms with van der Waals surface area (Å²) >= 11 is 0. The van der Waals surface area contributed by atoms with Gasteiger partial charge in [0.15, 0.2) is 5.82 Å². The Kier molecular flexibility index (Phi) is 5.42. The Morgan fingerprint density at radius 3 is 2.71 bits per heavy atom. The molecule has 4 rings (SSSR count). The lowest BCUT2D eigenvalue weighted by molar-refractivity contribution is 0.0600. The van der Waals surface area contributed by atoms with Crippen molar-refractivity contribution in [3.8, 4) is 0 Å². The molecule has 2 heterocycles. The summed E-state index contributed by atoms with van der Waals surface area (Å²) in [6, 6.07) is 13.1. The van der Waals surface area contributed by atoms with E-state index in [2.05, 4.69) is 34.4 Å². The zero-order valence-corrected chi connectivity index (χ0v) is 17.7. The van der Waals surface area contributed by atoms with E-state index in [1.54, 1.807) is 18.3 Å². The van der Waals surface area contributed by atoms with Gasteiger partial charge in [0.05, 0.1) is 24.9 Å². The van der Waals surface area contributed by atoms with Crippen molar-refractivity contribution in [1.82, 2.24) is 9.97 Å². The molecule has 2 aromatic carbocycles. The number of amides is 1. The maximum absolute atomic E-state index is 12.7. The first kappa shape index (κ1) is 20.5. The first-order chi connectivity index (χ1) is 14.9. The van der Waals surface area contributed by atoms with Crippen molar-refractivity contribution >= 4 is 23.4 Å². The Balaban J connectivity index is 1.60. The predicted octanol–water partition coefficient (Wildman–Crippen LogP) is 4.25. The lowest BCUT2D eigenvalue weighted by Crippen LogP contribution is -2.35. The summed E-state index contributed by atoms with van der Waals surface area (Å²) in [5.74, 6) is -0.173. The van der Waals surface area contributed by atoms with Crippen molar-refractivity contribution in [3.05, 3.63) is 83.3 Å². The molecule has 7 heteroatoms. The number of nitrogens with one attached hydrogen (secondary N) is 2. The van der Waals surface area contributed by atoms with Gasteiger partial charge in [0.2, 0.25) is 0 Å². The third kappa shape index (κ3) is 4.26. The Morgan fingerprint density at radius 2 is 1.97 bits per heavy atom. The van der Waals surface area contributed by atoms with Crippen molar-refractivity contribution in [2.45, 2.75) is 26.3 Å². The summed E-state index contributed by atoms with van der Waals surface area (Å²) in [4.78, 5) is 32.6. The zero-order chi connectivity index (χ0) is 22.0. The van der Waals surface area contributed by atoms with Crippen LogP contribution in [0.1, 0.15) is 51.7 Å². The number of nitrogens with zero attached hydrogens (tertiary/aromatic N) is 2. The van der Waals surface area contributed by atoms with E-state index in [1.165, 1.54) is 19.5 Å². The van der Waals surface area contributed by atoms with Crippen LogP contribution in [0.5, 0.6) is 0 Å². The molecule has 0 radical (unpaired) electrons. The Morgan fingerprint density at radius 1 is 1.13 bits per heavy atom. The molecule has 1 aliphatic heterocycles. The van der Waals surface area contributed by atoms with Crippen LogP contribution in [0, 0.1) is 5.41 Å². The van der Waals surface area contributed by atoms with Gasteiger partial charge >= 0.3 is 5.97 Å². The summed E-state index contributed by atoms with van der Waals surface area (Å²) in [5, 5.41) is 6.37. The van der Waals surface area contributed by atoms with Gasteiger partial charge in [-0.1, -0.05) is 26.0 Å². The van der Waals surface area contributed by atoms with Crippen LogP contribution in [0.3, 0.4) is 0 Å². The van der Waals surface area contributed by atoms with Crippen LogP contribution >= 0.6 is 0 Å². The highest BCUT2D eigenvalue weighted by molar-refractivity contribution is 6.03. The predicted molar refractivity (Wildman–Crippen MR) is 118 cm³/mol. The van der Waals surface area contributed by atoms with Crippen LogP contribution in [0.25, 0.3) is 0 Å². The smallest absolute Gasteiger partial charge is 0.337 e. The van der Waals surface area contributed by atoms with E-state index in [4.69, 9.17) is 4.74 Å². The molecule has 0 bridgehead atoms. The molecule has 1 unspecified atom stereocenters. The first-order valence-corrected chi connectivity index (χ1v) is 10.0. The highest BCUT2D eigenvalue weighted by Gasteiger charge is 2.36. The van der Waals surface area contributed by atoms with Gasteiger partial charge < -0.3 is 15.4 Å². The summed E-state index contributed by atoms with van der Waals surface area (Å²) < 4.78 is 4.84. The number of carbonyl (C=O) groups is 2. The van der Waals surface area contributed by atoms with E-state index in [0.717, 1.165) is 23.2 Å². The highest BCUT2D eigenvalue weighted by Crippen LogP contribution is 2.45. The minimum absolute atomic E-state index is 0.00626. The summed E-state index contributed by atoms with van der Waals surface area (Å²) in [7, 11) is 1.38. The first-order valence-electron chi connectivity index (χ1n) is 10.0.